The lowest BCUT2D eigenvalue weighted by Crippen LogP contribution is -2.40. The van der Waals surface area contributed by atoms with Crippen LogP contribution in [0.25, 0.3) is 0 Å². The van der Waals surface area contributed by atoms with E-state index in [-0.39, 0.29) is 11.5 Å². The van der Waals surface area contributed by atoms with Crippen LogP contribution in [0, 0.1) is 0 Å². The van der Waals surface area contributed by atoms with Gasteiger partial charge in [-0.05, 0) is 28.1 Å². The van der Waals surface area contributed by atoms with Gasteiger partial charge in [0, 0.05) is 11.0 Å². The van der Waals surface area contributed by atoms with Crippen molar-refractivity contribution in [3.63, 3.8) is 0 Å². The van der Waals surface area contributed by atoms with Gasteiger partial charge in [0.2, 0.25) is 0 Å². The Balaban J connectivity index is 2.10. The van der Waals surface area contributed by atoms with Gasteiger partial charge < -0.3 is 9.08 Å². The Bertz CT molecular complexity index is 805. The van der Waals surface area contributed by atoms with Crippen LogP contribution in [0.4, 0.5) is 24.5 Å². The summed E-state index contributed by atoms with van der Waals surface area (Å²) >= 11 is 3.22. The summed E-state index contributed by atoms with van der Waals surface area (Å²) in [6.07, 6.45) is 0. The molecule has 0 amide bonds. The quantitative estimate of drug-likeness (QED) is 0.539. The number of para-hydroxylation sites is 1. The summed E-state index contributed by atoms with van der Waals surface area (Å²) in [6, 6.07) is 5.07. The molecule has 6 nitrogen and oxygen atoms in total. The second kappa shape index (κ2) is 4.95. The van der Waals surface area contributed by atoms with Crippen LogP contribution in [-0.2, 0) is 14.3 Å². The molecule has 118 valence electrons. The normalized spacial score (nSPS) is 17.5. The second-order valence-corrected chi connectivity index (χ2v) is 6.76. The predicted octanol–water partition coefficient (Wildman–Crippen LogP) is 2.58. The number of hydrogen-bond donors (Lipinski definition) is 0. The monoisotopic (exact) mass is 397 g/mol. The van der Waals surface area contributed by atoms with Gasteiger partial charge in [-0.15, -0.1) is 0 Å². The van der Waals surface area contributed by atoms with E-state index in [1.54, 1.807) is 23.1 Å². The maximum absolute atomic E-state index is 12.5. The van der Waals surface area contributed by atoms with Crippen LogP contribution in [0.1, 0.15) is 0 Å². The first-order valence-corrected chi connectivity index (χ1v) is 8.11. The Morgan fingerprint density at radius 2 is 2.05 bits per heavy atom. The van der Waals surface area contributed by atoms with Crippen molar-refractivity contribution in [2.75, 3.05) is 18.0 Å². The molecule has 2 aliphatic rings. The molecule has 0 unspecified atom stereocenters. The number of nitrogens with zero attached hydrogens (tertiary/aromatic N) is 3. The zero-order valence-corrected chi connectivity index (χ0v) is 13.0. The molecule has 0 bridgehead atoms. The minimum atomic E-state index is -5.80. The van der Waals surface area contributed by atoms with E-state index in [2.05, 4.69) is 30.1 Å². The molecule has 1 aromatic carbocycles. The highest BCUT2D eigenvalue weighted by molar-refractivity contribution is 9.10. The number of amidine groups is 1. The summed E-state index contributed by atoms with van der Waals surface area (Å²) in [5.41, 5.74) is -4.63. The minimum Gasteiger partial charge on any atom is -0.351 e. The van der Waals surface area contributed by atoms with Crippen molar-refractivity contribution in [2.45, 2.75) is 5.51 Å². The van der Waals surface area contributed by atoms with E-state index in [4.69, 9.17) is 0 Å². The zero-order valence-electron chi connectivity index (χ0n) is 10.6. The highest BCUT2D eigenvalue weighted by Crippen LogP contribution is 2.40. The summed E-state index contributed by atoms with van der Waals surface area (Å²) in [4.78, 5) is 9.42. The maximum Gasteiger partial charge on any atom is 0.534 e. The number of halogens is 4. The van der Waals surface area contributed by atoms with Gasteiger partial charge in [-0.3, -0.25) is 4.99 Å². The van der Waals surface area contributed by atoms with Crippen LogP contribution in [0.3, 0.4) is 0 Å². The smallest absolute Gasteiger partial charge is 0.351 e. The Hall–Kier alpha value is -1.62. The number of fused-ring (bicyclic) bond motifs is 3. The first-order chi connectivity index (χ1) is 10.2. The van der Waals surface area contributed by atoms with E-state index in [1.807, 2.05) is 0 Å². The zero-order chi connectivity index (χ0) is 16.1. The standard InChI is InChI=1S/C11H7BrF3N3O3S/c12-6-2-1-3-7-8(6)17-10(9-16-4-5-18(7)9)21-22(19,20)11(13,14)15/h1-3H,4-5H2. The average Bonchev–Trinajstić information content (AvgIpc) is 2.88. The average molecular weight is 398 g/mol. The Labute approximate surface area is 131 Å². The van der Waals surface area contributed by atoms with Gasteiger partial charge in [-0.2, -0.15) is 21.6 Å². The van der Waals surface area contributed by atoms with Crippen molar-refractivity contribution in [1.29, 1.82) is 0 Å². The SMILES string of the molecule is O=S(=O)(OC1=Nc2c(Br)cccc2N2CCN=C12)C(F)(F)F. The van der Waals surface area contributed by atoms with E-state index >= 15 is 0 Å². The van der Waals surface area contributed by atoms with Crippen LogP contribution in [0.5, 0.6) is 0 Å². The molecule has 0 saturated carbocycles. The van der Waals surface area contributed by atoms with Crippen molar-refractivity contribution in [3.05, 3.63) is 22.7 Å². The Kier molecular flexibility index (Phi) is 3.44. The molecule has 0 aliphatic carbocycles. The second-order valence-electron chi connectivity index (χ2n) is 4.36. The summed E-state index contributed by atoms with van der Waals surface area (Å²) < 4.78 is 64.5. The van der Waals surface area contributed by atoms with E-state index in [0.29, 0.717) is 23.2 Å². The lowest BCUT2D eigenvalue weighted by Gasteiger charge is -2.27. The van der Waals surface area contributed by atoms with Crippen molar-refractivity contribution >= 4 is 49.2 Å². The predicted molar refractivity (Wildman–Crippen MR) is 76.9 cm³/mol. The van der Waals surface area contributed by atoms with Gasteiger partial charge in [0.15, 0.2) is 5.84 Å². The number of rotatable bonds is 1. The number of anilines is 1. The van der Waals surface area contributed by atoms with Crippen LogP contribution >= 0.6 is 15.9 Å². The molecular weight excluding hydrogens is 391 g/mol. The summed E-state index contributed by atoms with van der Waals surface area (Å²) in [5, 5.41) is 0. The third-order valence-corrected chi connectivity index (χ3v) is 4.56. The van der Waals surface area contributed by atoms with Gasteiger partial charge in [-0.1, -0.05) is 6.07 Å². The molecule has 0 atom stereocenters. The van der Waals surface area contributed by atoms with Crippen molar-refractivity contribution in [1.82, 2.24) is 0 Å². The topological polar surface area (TPSA) is 71.3 Å². The first kappa shape index (κ1) is 15.3. The fraction of sp³-hybridized carbons (Fsp3) is 0.273. The van der Waals surface area contributed by atoms with Gasteiger partial charge in [0.1, 0.15) is 5.69 Å². The molecule has 0 fully saturated rings. The summed E-state index contributed by atoms with van der Waals surface area (Å²) in [6.45, 7) is 0.697. The maximum atomic E-state index is 12.5. The van der Waals surface area contributed by atoms with Gasteiger partial charge in [-0.25, -0.2) is 4.99 Å². The summed E-state index contributed by atoms with van der Waals surface area (Å²) in [7, 11) is -5.80. The molecule has 0 aromatic heterocycles. The van der Waals surface area contributed by atoms with Crippen LogP contribution in [0.2, 0.25) is 0 Å². The fourth-order valence-corrected chi connectivity index (χ4v) is 2.91. The molecule has 22 heavy (non-hydrogen) atoms. The number of benzene rings is 1. The molecule has 3 rings (SSSR count). The lowest BCUT2D eigenvalue weighted by molar-refractivity contribution is -0.0503. The summed E-state index contributed by atoms with van der Waals surface area (Å²) in [5.74, 6) is -0.715. The van der Waals surface area contributed by atoms with Crippen molar-refractivity contribution in [2.24, 2.45) is 9.98 Å². The molecule has 0 saturated heterocycles. The van der Waals surface area contributed by atoms with Crippen molar-refractivity contribution in [3.8, 4) is 0 Å². The van der Waals surface area contributed by atoms with E-state index in [1.165, 1.54) is 0 Å². The Morgan fingerprint density at radius 1 is 1.32 bits per heavy atom. The van der Waals surface area contributed by atoms with Crippen molar-refractivity contribution < 1.29 is 25.8 Å². The minimum absolute atomic E-state index is 0.0292. The Morgan fingerprint density at radius 3 is 2.73 bits per heavy atom. The van der Waals surface area contributed by atoms with E-state index in [0.717, 1.165) is 0 Å². The number of alkyl halides is 3. The molecule has 0 spiro atoms. The molecular formula is C11H7BrF3N3O3S. The fourth-order valence-electron chi connectivity index (χ4n) is 2.06. The van der Waals surface area contributed by atoms with Crippen LogP contribution in [0.15, 0.2) is 32.7 Å². The number of aliphatic imine (C=N–C) groups is 2. The highest BCUT2D eigenvalue weighted by Gasteiger charge is 2.50. The molecule has 2 aliphatic heterocycles. The van der Waals surface area contributed by atoms with Gasteiger partial charge >= 0.3 is 15.6 Å². The van der Waals surface area contributed by atoms with Crippen LogP contribution in [-0.4, -0.2) is 38.7 Å². The lowest BCUT2D eigenvalue weighted by atomic mass is 10.2. The van der Waals surface area contributed by atoms with Gasteiger partial charge in [0.05, 0.1) is 12.2 Å². The molecule has 11 heteroatoms. The largest absolute Gasteiger partial charge is 0.534 e. The van der Waals surface area contributed by atoms with Crippen LogP contribution < -0.4 is 4.90 Å². The van der Waals surface area contributed by atoms with E-state index in [9.17, 15) is 21.6 Å². The van der Waals surface area contributed by atoms with E-state index < -0.39 is 21.5 Å². The molecule has 0 radical (unpaired) electrons. The first-order valence-electron chi connectivity index (χ1n) is 5.91. The van der Waals surface area contributed by atoms with Gasteiger partial charge in [0.25, 0.3) is 5.90 Å². The molecule has 2 heterocycles. The molecule has 0 N–H and O–H groups in total. The third-order valence-electron chi connectivity index (χ3n) is 2.97. The highest BCUT2D eigenvalue weighted by atomic mass is 79.9. The molecule has 1 aromatic rings. The third kappa shape index (κ3) is 2.37. The number of hydrogen-bond acceptors (Lipinski definition) is 6.